The van der Waals surface area contributed by atoms with E-state index in [0.717, 1.165) is 72.3 Å². The van der Waals surface area contributed by atoms with E-state index in [0.29, 0.717) is 17.5 Å². The Labute approximate surface area is 386 Å². The Kier molecular flexibility index (Phi) is 9.04. The number of para-hydroxylation sites is 1. The molecule has 308 valence electrons. The molecule has 0 spiro atoms. The fourth-order valence-corrected chi connectivity index (χ4v) is 11.0. The third kappa shape index (κ3) is 6.50. The van der Waals surface area contributed by atoms with E-state index in [1.54, 1.807) is 11.3 Å². The zero-order valence-corrected chi connectivity index (χ0v) is 36.3. The van der Waals surface area contributed by atoms with Crippen LogP contribution in [0.15, 0.2) is 212 Å². The quantitative estimate of drug-likeness (QED) is 0.160. The lowest BCUT2D eigenvalue weighted by molar-refractivity contribution is 0.272. The van der Waals surface area contributed by atoms with Gasteiger partial charge in [0, 0.05) is 48.0 Å². The predicted octanol–water partition coefficient (Wildman–Crippen LogP) is 15.5. The minimum Gasteiger partial charge on any atom is -0.484 e. The fourth-order valence-electron chi connectivity index (χ4n) is 9.89. The average Bonchev–Trinajstić information content (AvgIpc) is 3.98. The number of benzene rings is 8. The van der Waals surface area contributed by atoms with Crippen LogP contribution in [0.4, 0.5) is 0 Å². The topological polar surface area (TPSA) is 47.9 Å². The van der Waals surface area contributed by atoms with E-state index in [2.05, 4.69) is 212 Å². The largest absolute Gasteiger partial charge is 0.484 e. The van der Waals surface area contributed by atoms with Crippen molar-refractivity contribution in [3.8, 4) is 73.0 Å². The van der Waals surface area contributed by atoms with E-state index in [1.165, 1.54) is 31.1 Å². The molecular weight excluding hydrogens is 823 g/mol. The van der Waals surface area contributed by atoms with Crippen molar-refractivity contribution in [1.82, 2.24) is 15.0 Å². The number of rotatable bonds is 7. The number of hydrogen-bond acceptors (Lipinski definition) is 5. The van der Waals surface area contributed by atoms with Crippen LogP contribution >= 0.6 is 11.3 Å². The fraction of sp³-hybridized carbons (Fsp3) is 0.0328. The Hall–Kier alpha value is -8.43. The number of allylic oxidation sites excluding steroid dienone is 2. The van der Waals surface area contributed by atoms with Gasteiger partial charge in [0.2, 0.25) is 0 Å². The maximum Gasteiger partial charge on any atom is 0.164 e. The van der Waals surface area contributed by atoms with Crippen molar-refractivity contribution in [3.05, 3.63) is 236 Å². The Bertz CT molecular complexity index is 3680. The van der Waals surface area contributed by atoms with Crippen LogP contribution in [0.25, 0.3) is 104 Å². The summed E-state index contributed by atoms with van der Waals surface area (Å²) >= 11 is 1.80. The van der Waals surface area contributed by atoms with Gasteiger partial charge in [0.25, 0.3) is 0 Å². The highest BCUT2D eigenvalue weighted by Crippen LogP contribution is 2.52. The number of fused-ring (bicyclic) bond motifs is 7. The van der Waals surface area contributed by atoms with Gasteiger partial charge in [0.1, 0.15) is 11.9 Å². The summed E-state index contributed by atoms with van der Waals surface area (Å²) in [7, 11) is 0. The highest BCUT2D eigenvalue weighted by molar-refractivity contribution is 7.25. The molecule has 5 heteroatoms. The van der Waals surface area contributed by atoms with Crippen LogP contribution in [0.5, 0.6) is 5.75 Å². The molecule has 2 unspecified atom stereocenters. The summed E-state index contributed by atoms with van der Waals surface area (Å²) in [5.41, 5.74) is 12.9. The van der Waals surface area contributed by atoms with Crippen molar-refractivity contribution in [3.63, 3.8) is 0 Å². The molecule has 0 saturated heterocycles. The summed E-state index contributed by atoms with van der Waals surface area (Å²) < 4.78 is 9.48. The van der Waals surface area contributed by atoms with Crippen LogP contribution in [0, 0.1) is 12.1 Å². The van der Waals surface area contributed by atoms with Crippen molar-refractivity contribution in [1.29, 1.82) is 0 Å². The highest BCUT2D eigenvalue weighted by atomic mass is 32.1. The van der Waals surface area contributed by atoms with E-state index in [1.807, 2.05) is 12.1 Å². The second-order valence-corrected chi connectivity index (χ2v) is 17.9. The van der Waals surface area contributed by atoms with E-state index >= 15 is 0 Å². The number of ether oxygens (including phenoxy) is 1. The molecule has 0 N–H and O–H groups in total. The van der Waals surface area contributed by atoms with Gasteiger partial charge in [-0.3, -0.25) is 0 Å². The summed E-state index contributed by atoms with van der Waals surface area (Å²) in [5.74, 6) is 2.63. The molecule has 2 aliphatic rings. The first kappa shape index (κ1) is 38.1. The molecule has 11 aromatic rings. The van der Waals surface area contributed by atoms with Crippen molar-refractivity contribution < 1.29 is 4.74 Å². The van der Waals surface area contributed by atoms with Crippen LogP contribution in [-0.4, -0.2) is 21.1 Å². The van der Waals surface area contributed by atoms with Gasteiger partial charge in [0.15, 0.2) is 17.5 Å². The van der Waals surface area contributed by atoms with Crippen molar-refractivity contribution >= 4 is 47.9 Å². The van der Waals surface area contributed by atoms with Gasteiger partial charge >= 0.3 is 0 Å². The minimum atomic E-state index is -0.245. The molecule has 0 radical (unpaired) electrons. The van der Waals surface area contributed by atoms with Crippen LogP contribution in [0.2, 0.25) is 0 Å². The van der Waals surface area contributed by atoms with Crippen LogP contribution in [0.1, 0.15) is 17.3 Å². The second kappa shape index (κ2) is 15.7. The van der Waals surface area contributed by atoms with E-state index in [9.17, 15) is 0 Å². The van der Waals surface area contributed by atoms with E-state index in [-0.39, 0.29) is 12.0 Å². The summed E-state index contributed by atoms with van der Waals surface area (Å²) in [4.78, 5) is 16.1. The number of thiophene rings is 1. The number of nitrogens with zero attached hydrogens (tertiary/aromatic N) is 3. The number of aromatic nitrogens is 3. The molecule has 0 fully saturated rings. The maximum atomic E-state index is 7.04. The Morgan fingerprint density at radius 3 is 2.03 bits per heavy atom. The molecule has 2 aromatic heterocycles. The molecule has 1 aliphatic carbocycles. The van der Waals surface area contributed by atoms with Crippen LogP contribution in [0.3, 0.4) is 0 Å². The Morgan fingerprint density at radius 2 is 1.15 bits per heavy atom. The van der Waals surface area contributed by atoms with Crippen LogP contribution in [-0.2, 0) is 0 Å². The van der Waals surface area contributed by atoms with E-state index < -0.39 is 0 Å². The van der Waals surface area contributed by atoms with Crippen LogP contribution < -0.4 is 4.74 Å². The standard InChI is InChI=1S/C61H37N3OS/c1-3-15-38(16-4-1)43-35-44(39-17-5-2-6-18-39)37-45(36-43)48-24-12-25-50-56-51(26-13-28-53(56)65-58(48)50)60-62-59(42-33-31-41(32-34-42)47-23-11-20-40-19-7-8-21-46(40)47)63-61(64-60)52-27-14-30-55-57(52)49-22-9-10-29-54(49)66-55/h1,3-5,7-37,53,56H. The molecule has 13 rings (SSSR count). The van der Waals surface area contributed by atoms with Gasteiger partial charge in [-0.15, -0.1) is 11.3 Å². The van der Waals surface area contributed by atoms with Gasteiger partial charge in [-0.2, -0.15) is 0 Å². The van der Waals surface area contributed by atoms with Gasteiger partial charge < -0.3 is 4.74 Å². The van der Waals surface area contributed by atoms with Crippen molar-refractivity contribution in [2.24, 2.45) is 0 Å². The Balaban J connectivity index is 0.956. The first-order chi connectivity index (χ1) is 32.7. The van der Waals surface area contributed by atoms with Gasteiger partial charge in [-0.1, -0.05) is 170 Å². The first-order valence-corrected chi connectivity index (χ1v) is 23.0. The Morgan fingerprint density at radius 1 is 0.470 bits per heavy atom. The molecule has 0 bridgehead atoms. The molecule has 4 nitrogen and oxygen atoms in total. The molecule has 1 aliphatic heterocycles. The summed E-state index contributed by atoms with van der Waals surface area (Å²) in [6.45, 7) is 0. The van der Waals surface area contributed by atoms with Gasteiger partial charge in [-0.05, 0) is 104 Å². The molecular formula is C61H37N3OS. The SMILES string of the molecule is c1ccc(-c2cc(-c3ccccc3)cc(-c3cccc4c3OC3C=CC=C(c5nc(-c6ccc(-c7cccc8ccccc78)cc6)nc(-c6cccc7sc8ccccc8c67)n5)C43)c2)cc#1. The normalized spacial score (nSPS) is 15.0. The lowest BCUT2D eigenvalue weighted by Gasteiger charge is -2.22. The zero-order valence-electron chi connectivity index (χ0n) is 35.5. The predicted molar refractivity (Wildman–Crippen MR) is 271 cm³/mol. The molecule has 2 atom stereocenters. The smallest absolute Gasteiger partial charge is 0.164 e. The van der Waals surface area contributed by atoms with E-state index in [4.69, 9.17) is 19.7 Å². The maximum absolute atomic E-state index is 7.04. The third-order valence-electron chi connectivity index (χ3n) is 13.0. The first-order valence-electron chi connectivity index (χ1n) is 22.2. The lowest BCUT2D eigenvalue weighted by Crippen LogP contribution is -2.20. The number of hydrogen-bond donors (Lipinski definition) is 0. The summed E-state index contributed by atoms with van der Waals surface area (Å²) in [5, 5.41) is 4.80. The second-order valence-electron chi connectivity index (χ2n) is 16.9. The summed E-state index contributed by atoms with van der Waals surface area (Å²) in [6.07, 6.45) is 6.17. The molecule has 0 saturated carbocycles. The monoisotopic (exact) mass is 859 g/mol. The molecule has 9 aromatic carbocycles. The molecule has 0 amide bonds. The average molecular weight is 860 g/mol. The third-order valence-corrected chi connectivity index (χ3v) is 14.1. The van der Waals surface area contributed by atoms with Gasteiger partial charge in [-0.25, -0.2) is 15.0 Å². The highest BCUT2D eigenvalue weighted by Gasteiger charge is 2.40. The molecule has 66 heavy (non-hydrogen) atoms. The molecule has 3 heterocycles. The lowest BCUT2D eigenvalue weighted by atomic mass is 9.83. The zero-order chi connectivity index (χ0) is 43.6. The minimum absolute atomic E-state index is 0.143. The van der Waals surface area contributed by atoms with Gasteiger partial charge in [0.05, 0.1) is 5.92 Å². The van der Waals surface area contributed by atoms with Crippen molar-refractivity contribution in [2.45, 2.75) is 12.0 Å². The summed E-state index contributed by atoms with van der Waals surface area (Å²) in [6, 6.07) is 74.8. The van der Waals surface area contributed by atoms with Crippen molar-refractivity contribution in [2.75, 3.05) is 0 Å².